The van der Waals surface area contributed by atoms with Gasteiger partial charge < -0.3 is 4.90 Å². The topological polar surface area (TPSA) is 6.48 Å². The van der Waals surface area contributed by atoms with Crippen LogP contribution in [0.25, 0.3) is 0 Å². The minimum absolute atomic E-state index is 0.403. The number of rotatable bonds is 4. The summed E-state index contributed by atoms with van der Waals surface area (Å²) in [6, 6.07) is 0.705. The predicted octanol–water partition coefficient (Wildman–Crippen LogP) is 2.43. The Morgan fingerprint density at radius 3 is 2.07 bits per heavy atom. The molecule has 0 amide bonds. The predicted molar refractivity (Wildman–Crippen MR) is 70.7 cm³/mol. The number of piperazine rings is 1. The second-order valence-corrected chi connectivity index (χ2v) is 6.26. The van der Waals surface area contributed by atoms with Crippen LogP contribution in [0.15, 0.2) is 0 Å². The summed E-state index contributed by atoms with van der Waals surface area (Å²) in [6.07, 6.45) is 0. The fourth-order valence-corrected chi connectivity index (χ4v) is 2.26. The van der Waals surface area contributed by atoms with Crippen molar-refractivity contribution in [2.45, 2.75) is 33.7 Å². The maximum absolute atomic E-state index is 3.60. The van der Waals surface area contributed by atoms with E-state index in [1.807, 2.05) is 0 Å². The van der Waals surface area contributed by atoms with Crippen molar-refractivity contribution >= 4 is 15.9 Å². The molecular formula is C12H25BrN2. The van der Waals surface area contributed by atoms with Gasteiger partial charge >= 0.3 is 0 Å². The van der Waals surface area contributed by atoms with Crippen LogP contribution >= 0.6 is 15.9 Å². The molecule has 1 aliphatic heterocycles. The lowest BCUT2D eigenvalue weighted by Gasteiger charge is -2.39. The molecule has 0 N–H and O–H groups in total. The molecule has 15 heavy (non-hydrogen) atoms. The molecule has 1 saturated heterocycles. The third-order valence-electron chi connectivity index (χ3n) is 3.15. The van der Waals surface area contributed by atoms with Gasteiger partial charge in [-0.05, 0) is 19.3 Å². The minimum Gasteiger partial charge on any atom is -0.300 e. The first kappa shape index (κ1) is 13.5. The fraction of sp³-hybridized carbons (Fsp3) is 1.00. The number of hydrogen-bond acceptors (Lipinski definition) is 2. The van der Waals surface area contributed by atoms with Crippen molar-refractivity contribution < 1.29 is 0 Å². The van der Waals surface area contributed by atoms with Gasteiger partial charge in [-0.2, -0.15) is 0 Å². The molecule has 0 aromatic carbocycles. The van der Waals surface area contributed by atoms with Gasteiger partial charge in [-0.3, -0.25) is 4.90 Å². The number of hydrogen-bond donors (Lipinski definition) is 0. The molecule has 1 fully saturated rings. The van der Waals surface area contributed by atoms with Gasteiger partial charge in [-0.1, -0.05) is 29.8 Å². The van der Waals surface area contributed by atoms with Crippen LogP contribution in [0.5, 0.6) is 0 Å². The van der Waals surface area contributed by atoms with Crippen LogP contribution in [0.2, 0.25) is 0 Å². The van der Waals surface area contributed by atoms with Gasteiger partial charge in [0.2, 0.25) is 0 Å². The molecule has 0 bridgehead atoms. The van der Waals surface area contributed by atoms with Crippen LogP contribution in [0.1, 0.15) is 27.7 Å². The smallest absolute Gasteiger partial charge is 0.0113 e. The molecule has 0 spiro atoms. The molecule has 2 nitrogen and oxygen atoms in total. The molecule has 1 rings (SSSR count). The van der Waals surface area contributed by atoms with Crippen molar-refractivity contribution in [1.29, 1.82) is 0 Å². The number of nitrogens with zero attached hydrogens (tertiary/aromatic N) is 2. The van der Waals surface area contributed by atoms with Gasteiger partial charge in [0.1, 0.15) is 0 Å². The van der Waals surface area contributed by atoms with Gasteiger partial charge in [0, 0.05) is 44.1 Å². The largest absolute Gasteiger partial charge is 0.300 e. The van der Waals surface area contributed by atoms with E-state index in [0.717, 1.165) is 5.33 Å². The first-order chi connectivity index (χ1) is 6.94. The highest BCUT2D eigenvalue weighted by Gasteiger charge is 2.24. The molecule has 0 saturated carbocycles. The Balaban J connectivity index is 2.32. The number of halogens is 1. The van der Waals surface area contributed by atoms with Gasteiger partial charge in [-0.25, -0.2) is 0 Å². The van der Waals surface area contributed by atoms with Crippen LogP contribution in [0, 0.1) is 5.41 Å². The van der Waals surface area contributed by atoms with Crippen molar-refractivity contribution in [2.24, 2.45) is 5.41 Å². The van der Waals surface area contributed by atoms with Crippen molar-refractivity contribution in [3.8, 4) is 0 Å². The van der Waals surface area contributed by atoms with Crippen LogP contribution in [0.3, 0.4) is 0 Å². The summed E-state index contributed by atoms with van der Waals surface area (Å²) < 4.78 is 0. The molecule has 1 aliphatic rings. The molecule has 0 radical (unpaired) electrons. The first-order valence-electron chi connectivity index (χ1n) is 5.97. The monoisotopic (exact) mass is 276 g/mol. The van der Waals surface area contributed by atoms with E-state index in [-0.39, 0.29) is 0 Å². The quantitative estimate of drug-likeness (QED) is 0.728. The zero-order valence-corrected chi connectivity index (χ0v) is 12.2. The fourth-order valence-electron chi connectivity index (χ4n) is 2.09. The van der Waals surface area contributed by atoms with E-state index in [0.29, 0.717) is 11.5 Å². The molecule has 0 aromatic heterocycles. The SMILES string of the molecule is CC(C)N1CCN(CC(C)(C)CBr)CC1. The lowest BCUT2D eigenvalue weighted by molar-refractivity contribution is 0.0861. The van der Waals surface area contributed by atoms with E-state index in [2.05, 4.69) is 53.4 Å². The summed E-state index contributed by atoms with van der Waals surface area (Å²) in [4.78, 5) is 5.16. The summed E-state index contributed by atoms with van der Waals surface area (Å²) in [6.45, 7) is 15.4. The van der Waals surface area contributed by atoms with Gasteiger partial charge in [0.25, 0.3) is 0 Å². The molecule has 0 atom stereocenters. The summed E-state index contributed by atoms with van der Waals surface area (Å²) in [5.74, 6) is 0. The zero-order valence-electron chi connectivity index (χ0n) is 10.6. The van der Waals surface area contributed by atoms with E-state index in [9.17, 15) is 0 Å². The average molecular weight is 277 g/mol. The van der Waals surface area contributed by atoms with E-state index < -0.39 is 0 Å². The Hall–Kier alpha value is 0.400. The van der Waals surface area contributed by atoms with Crippen molar-refractivity contribution in [3.63, 3.8) is 0 Å². The average Bonchev–Trinajstić information content (AvgIpc) is 2.18. The second-order valence-electron chi connectivity index (χ2n) is 5.70. The van der Waals surface area contributed by atoms with Crippen molar-refractivity contribution in [3.05, 3.63) is 0 Å². The maximum atomic E-state index is 3.60. The molecule has 1 heterocycles. The summed E-state index contributed by atoms with van der Waals surface area (Å²) in [5.41, 5.74) is 0.403. The maximum Gasteiger partial charge on any atom is 0.0113 e. The number of alkyl halides is 1. The minimum atomic E-state index is 0.403. The Bertz CT molecular complexity index is 184. The molecule has 0 unspecified atom stereocenters. The Morgan fingerprint density at radius 2 is 1.67 bits per heavy atom. The standard InChI is InChI=1S/C12H25BrN2/c1-11(2)15-7-5-14(6-8-15)10-12(3,4)9-13/h11H,5-10H2,1-4H3. The third-order valence-corrected chi connectivity index (χ3v) is 4.67. The zero-order chi connectivity index (χ0) is 11.5. The Labute approximate surface area is 103 Å². The van der Waals surface area contributed by atoms with Gasteiger partial charge in [0.05, 0.1) is 0 Å². The lowest BCUT2D eigenvalue weighted by atomic mass is 9.95. The Kier molecular flexibility index (Phi) is 5.07. The van der Waals surface area contributed by atoms with Gasteiger partial charge in [0.15, 0.2) is 0 Å². The van der Waals surface area contributed by atoms with Crippen LogP contribution in [-0.2, 0) is 0 Å². The summed E-state index contributed by atoms with van der Waals surface area (Å²) in [7, 11) is 0. The Morgan fingerprint density at radius 1 is 1.13 bits per heavy atom. The first-order valence-corrected chi connectivity index (χ1v) is 7.09. The molecular weight excluding hydrogens is 252 g/mol. The summed E-state index contributed by atoms with van der Waals surface area (Å²) in [5, 5.41) is 1.09. The second kappa shape index (κ2) is 5.65. The van der Waals surface area contributed by atoms with Crippen molar-refractivity contribution in [2.75, 3.05) is 38.1 Å². The van der Waals surface area contributed by atoms with Crippen molar-refractivity contribution in [1.82, 2.24) is 9.80 Å². The normalized spacial score (nSPS) is 21.2. The van der Waals surface area contributed by atoms with Crippen LogP contribution < -0.4 is 0 Å². The molecule has 3 heteroatoms. The third kappa shape index (κ3) is 4.41. The van der Waals surface area contributed by atoms with E-state index >= 15 is 0 Å². The van der Waals surface area contributed by atoms with Crippen LogP contribution in [-0.4, -0.2) is 53.9 Å². The molecule has 0 aromatic rings. The highest BCUT2D eigenvalue weighted by molar-refractivity contribution is 9.09. The molecule has 90 valence electrons. The summed E-state index contributed by atoms with van der Waals surface area (Å²) >= 11 is 3.60. The van der Waals surface area contributed by atoms with E-state index in [1.165, 1.54) is 32.7 Å². The lowest BCUT2D eigenvalue weighted by Crippen LogP contribution is -2.51. The highest BCUT2D eigenvalue weighted by atomic mass is 79.9. The van der Waals surface area contributed by atoms with Gasteiger partial charge in [-0.15, -0.1) is 0 Å². The van der Waals surface area contributed by atoms with Crippen LogP contribution in [0.4, 0.5) is 0 Å². The highest BCUT2D eigenvalue weighted by Crippen LogP contribution is 2.20. The van der Waals surface area contributed by atoms with E-state index in [4.69, 9.17) is 0 Å². The van der Waals surface area contributed by atoms with E-state index in [1.54, 1.807) is 0 Å². The molecule has 0 aliphatic carbocycles.